The van der Waals surface area contributed by atoms with Crippen LogP contribution in [0.2, 0.25) is 0 Å². The first-order valence-electron chi connectivity index (χ1n) is 28.0. The van der Waals surface area contributed by atoms with Crippen molar-refractivity contribution in [1.82, 2.24) is 20.2 Å². The van der Waals surface area contributed by atoms with Crippen LogP contribution in [0.1, 0.15) is 165 Å². The molecule has 0 radical (unpaired) electrons. The number of nitrogens with zero attached hydrogens (tertiary/aromatic N) is 3. The van der Waals surface area contributed by atoms with Crippen LogP contribution in [0, 0.1) is 22.7 Å². The number of aromatic nitrogens is 2. The molecule has 12 atom stereocenters. The van der Waals surface area contributed by atoms with Crippen LogP contribution in [0.25, 0.3) is 21.5 Å². The predicted octanol–water partition coefficient (Wildman–Crippen LogP) is 13.5. The molecule has 16 rings (SSSR count). The third-order valence-electron chi connectivity index (χ3n) is 22.2. The minimum Gasteiger partial charge on any atom is -0.359 e. The molecule has 358 valence electrons. The number of hydrogen-bond donors (Lipinski definition) is 1. The van der Waals surface area contributed by atoms with Crippen LogP contribution < -0.4 is 5.32 Å². The van der Waals surface area contributed by atoms with Crippen LogP contribution in [0.15, 0.2) is 120 Å². The third-order valence-corrected chi connectivity index (χ3v) is 22.2. The number of allylic oxidation sites excluding steroid dienone is 2. The van der Waals surface area contributed by atoms with Gasteiger partial charge in [0.15, 0.2) is 0 Å². The second kappa shape index (κ2) is 15.1. The molecule has 4 bridgehead atoms. The van der Waals surface area contributed by atoms with Gasteiger partial charge >= 0.3 is 0 Å². The Morgan fingerprint density at radius 3 is 1.65 bits per heavy atom. The lowest BCUT2D eigenvalue weighted by Gasteiger charge is -2.55. The van der Waals surface area contributed by atoms with Gasteiger partial charge in [0.05, 0.1) is 22.4 Å². The average molecular weight is 919 g/mol. The first kappa shape index (κ1) is 42.7. The van der Waals surface area contributed by atoms with Crippen molar-refractivity contribution >= 4 is 21.5 Å². The van der Waals surface area contributed by atoms with Crippen LogP contribution in [0.4, 0.5) is 0 Å². The smallest absolute Gasteiger partial charge is 0.0974 e. The van der Waals surface area contributed by atoms with Gasteiger partial charge in [-0.3, -0.25) is 9.97 Å². The highest BCUT2D eigenvalue weighted by molar-refractivity contribution is 5.83. The molecule has 2 aromatic heterocycles. The Bertz CT molecular complexity index is 2910. The van der Waals surface area contributed by atoms with Gasteiger partial charge in [-0.1, -0.05) is 62.4 Å². The van der Waals surface area contributed by atoms with E-state index in [0.29, 0.717) is 35.8 Å². The van der Waals surface area contributed by atoms with E-state index in [-0.39, 0.29) is 33.2 Å². The highest BCUT2D eigenvalue weighted by Crippen LogP contribution is 2.71. The number of benzene rings is 2. The van der Waals surface area contributed by atoms with Gasteiger partial charge in [-0.05, 0) is 238 Å². The van der Waals surface area contributed by atoms with Crippen molar-refractivity contribution < 1.29 is 9.47 Å². The third kappa shape index (κ3) is 6.29. The molecule has 1 N–H and O–H groups in total. The van der Waals surface area contributed by atoms with Gasteiger partial charge in [-0.25, -0.2) is 0 Å². The van der Waals surface area contributed by atoms with Crippen LogP contribution in [-0.2, 0) is 9.47 Å². The molecule has 6 nitrogen and oxygen atoms in total. The summed E-state index contributed by atoms with van der Waals surface area (Å²) in [5.74, 6) is 2.41. The average Bonchev–Trinajstić information content (AvgIpc) is 4.28. The van der Waals surface area contributed by atoms with Crippen molar-refractivity contribution in [3.8, 4) is 0 Å². The number of ether oxygens (including phenoxy) is 2. The lowest BCUT2D eigenvalue weighted by molar-refractivity contribution is -0.140. The van der Waals surface area contributed by atoms with Crippen molar-refractivity contribution in [3.63, 3.8) is 0 Å². The Morgan fingerprint density at radius 1 is 0.551 bits per heavy atom. The Labute approximate surface area is 410 Å². The summed E-state index contributed by atoms with van der Waals surface area (Å²) in [6.45, 7) is 5.17. The zero-order valence-electron chi connectivity index (χ0n) is 41.7. The minimum atomic E-state index is -0.0519. The summed E-state index contributed by atoms with van der Waals surface area (Å²) in [7, 11) is 2.38. The van der Waals surface area contributed by atoms with E-state index in [1.165, 1.54) is 167 Å². The summed E-state index contributed by atoms with van der Waals surface area (Å²) in [6.07, 6.45) is 43.6. The molecule has 8 aliphatic carbocycles. The summed E-state index contributed by atoms with van der Waals surface area (Å²) >= 11 is 0. The number of nitrogens with one attached hydrogen (secondary N) is 1. The molecule has 0 unspecified atom stereocenters. The molecular weight excluding hydrogens is 845 g/mol. The van der Waals surface area contributed by atoms with Gasteiger partial charge in [0.1, 0.15) is 0 Å². The Morgan fingerprint density at radius 2 is 1.10 bits per heavy atom. The lowest BCUT2D eigenvalue weighted by Crippen LogP contribution is -2.55. The van der Waals surface area contributed by atoms with Crippen LogP contribution in [0.5, 0.6) is 0 Å². The van der Waals surface area contributed by atoms with Crippen molar-refractivity contribution in [2.24, 2.45) is 22.7 Å². The normalized spacial score (nSPS) is 42.2. The quantitative estimate of drug-likeness (QED) is 0.208. The molecular formula is C63H74N4O2. The fraction of sp³-hybridized carbons (Fsp3) is 0.587. The summed E-state index contributed by atoms with van der Waals surface area (Å²) in [6, 6.07) is 21.4. The summed E-state index contributed by atoms with van der Waals surface area (Å²) in [5, 5.41) is 9.08. The SMILES string of the molecule is CN(C1CC1)[C@H]1CCC2=CC3=CC[C@]4(C)[C@@H](c5ccc6ccncc6c5)CC[C@H]4[C@@]34CC[C@]2(C1)O4.C[C@]12CC=C3C=C4CC[C@H](NC5CC5)C[C@]45CC[C@]3(O5)[C@@H]1CC[C@@H]2c1ccc2ccncc2c1. The number of hydrogen-bond acceptors (Lipinski definition) is 6. The molecule has 2 aromatic carbocycles. The minimum absolute atomic E-state index is 0.00705. The van der Waals surface area contributed by atoms with Gasteiger partial charge in [-0.15, -0.1) is 0 Å². The molecule has 4 aliphatic heterocycles. The Balaban J connectivity index is 0.000000125. The monoisotopic (exact) mass is 919 g/mol. The molecule has 6 saturated carbocycles. The molecule has 0 amide bonds. The second-order valence-corrected chi connectivity index (χ2v) is 25.6. The highest BCUT2D eigenvalue weighted by Gasteiger charge is 2.68. The van der Waals surface area contributed by atoms with Crippen molar-refractivity contribution in [2.45, 2.75) is 201 Å². The van der Waals surface area contributed by atoms with E-state index < -0.39 is 0 Å². The first-order valence-corrected chi connectivity index (χ1v) is 28.0. The zero-order chi connectivity index (χ0) is 46.0. The standard InChI is InChI=1S/C32H38N2O.C31H36N2O/c1-30-13-11-25-18-24-5-6-27(34(2)26-7-8-26)19-31(24)14-15-32(25,35-31)29(30)10-9-28(30)22-4-3-21-12-16-33-20-23(21)17-22;1-29-12-10-24-17-23-4-5-26(33-25-6-7-25)18-30(23)13-14-31(24,34-30)28(29)9-8-27(29)21-3-2-20-11-15-32-19-22(20)16-21/h3-4,11-12,16-18,20,26-29H,5-10,13-15,19H2,1-2H3;2-3,10-11,15-17,19,25-28,33H,4-9,12-14,18H2,1H3/t27-,28+,29+,30+,31+,32+;26-,27+,28+,29+,30+,31+/m00/s1. The van der Waals surface area contributed by atoms with Crippen LogP contribution in [0.3, 0.4) is 0 Å². The molecule has 4 spiro atoms. The first-order chi connectivity index (χ1) is 33.6. The van der Waals surface area contributed by atoms with Gasteiger partial charge in [0, 0.05) is 59.7 Å². The predicted molar refractivity (Wildman–Crippen MR) is 276 cm³/mol. The maximum Gasteiger partial charge on any atom is 0.0974 e. The zero-order valence-corrected chi connectivity index (χ0v) is 41.7. The molecule has 6 heteroatoms. The van der Waals surface area contributed by atoms with Crippen molar-refractivity contribution in [2.75, 3.05) is 7.05 Å². The maximum atomic E-state index is 7.52. The van der Waals surface area contributed by atoms with Gasteiger partial charge in [0.2, 0.25) is 0 Å². The molecule has 4 aromatic rings. The second-order valence-electron chi connectivity index (χ2n) is 25.6. The lowest BCUT2D eigenvalue weighted by atomic mass is 9.58. The van der Waals surface area contributed by atoms with E-state index in [2.05, 4.69) is 114 Å². The molecule has 8 fully saturated rings. The van der Waals surface area contributed by atoms with E-state index >= 15 is 0 Å². The van der Waals surface area contributed by atoms with E-state index in [0.717, 1.165) is 12.1 Å². The number of rotatable bonds is 6. The molecule has 12 aliphatic rings. The van der Waals surface area contributed by atoms with E-state index in [9.17, 15) is 0 Å². The summed E-state index contributed by atoms with van der Waals surface area (Å²) in [5.41, 5.74) is 9.76. The molecule has 69 heavy (non-hydrogen) atoms. The van der Waals surface area contributed by atoms with E-state index in [1.807, 2.05) is 24.8 Å². The van der Waals surface area contributed by atoms with Crippen molar-refractivity contribution in [1.29, 1.82) is 0 Å². The number of fused-ring (bicyclic) bond motifs is 4. The maximum absolute atomic E-state index is 7.52. The van der Waals surface area contributed by atoms with Crippen LogP contribution >= 0.6 is 0 Å². The molecule has 6 heterocycles. The van der Waals surface area contributed by atoms with E-state index in [4.69, 9.17) is 9.47 Å². The van der Waals surface area contributed by atoms with E-state index in [1.54, 1.807) is 16.7 Å². The number of pyridine rings is 2. The van der Waals surface area contributed by atoms with Gasteiger partial charge in [-0.2, -0.15) is 0 Å². The Hall–Kier alpha value is -3.94. The van der Waals surface area contributed by atoms with Crippen molar-refractivity contribution in [3.05, 3.63) is 131 Å². The fourth-order valence-corrected chi connectivity index (χ4v) is 18.4. The Kier molecular flexibility index (Phi) is 9.32. The summed E-state index contributed by atoms with van der Waals surface area (Å²) in [4.78, 5) is 11.5. The largest absolute Gasteiger partial charge is 0.359 e. The molecule has 2 saturated heterocycles. The fourth-order valence-electron chi connectivity index (χ4n) is 18.4. The van der Waals surface area contributed by atoms with Gasteiger partial charge in [0.25, 0.3) is 0 Å². The van der Waals surface area contributed by atoms with Crippen LogP contribution in [-0.4, -0.2) is 68.5 Å². The van der Waals surface area contributed by atoms with Gasteiger partial charge < -0.3 is 19.7 Å². The topological polar surface area (TPSA) is 59.5 Å². The highest BCUT2D eigenvalue weighted by atomic mass is 16.5. The summed E-state index contributed by atoms with van der Waals surface area (Å²) < 4.78 is 15.0.